The Kier molecular flexibility index (Phi) is 3.29. The smallest absolute Gasteiger partial charge is 0.352 e. The maximum atomic E-state index is 10.8. The second-order valence-corrected chi connectivity index (χ2v) is 3.15. The van der Waals surface area contributed by atoms with Gasteiger partial charge in [-0.15, -0.1) is 0 Å². The summed E-state index contributed by atoms with van der Waals surface area (Å²) >= 11 is 0. The molecule has 14 heavy (non-hydrogen) atoms. The van der Waals surface area contributed by atoms with E-state index in [4.69, 9.17) is 10.4 Å². The van der Waals surface area contributed by atoms with E-state index in [1.807, 2.05) is 13.0 Å². The van der Waals surface area contributed by atoms with Crippen molar-refractivity contribution in [2.75, 3.05) is 0 Å². The number of aromatic nitrogens is 1. The number of nitrogens with zero attached hydrogens (tertiary/aromatic N) is 2. The maximum Gasteiger partial charge on any atom is 0.352 e. The zero-order valence-electron chi connectivity index (χ0n) is 7.97. The minimum absolute atomic E-state index is 0.0516. The molecular weight excluding hydrogens is 180 g/mol. The molecule has 0 amide bonds. The molecule has 0 aromatic carbocycles. The summed E-state index contributed by atoms with van der Waals surface area (Å²) in [5, 5.41) is 17.3. The lowest BCUT2D eigenvalue weighted by atomic mass is 10.2. The second-order valence-electron chi connectivity index (χ2n) is 3.15. The van der Waals surface area contributed by atoms with Crippen LogP contribution in [0.5, 0.6) is 0 Å². The highest BCUT2D eigenvalue weighted by Gasteiger charge is 2.12. The molecular formula is C10H12N2O2. The molecule has 4 heteroatoms. The summed E-state index contributed by atoms with van der Waals surface area (Å²) in [7, 11) is 0. The van der Waals surface area contributed by atoms with Crippen LogP contribution in [0.2, 0.25) is 0 Å². The molecule has 1 atom stereocenters. The third-order valence-electron chi connectivity index (χ3n) is 2.15. The predicted molar refractivity (Wildman–Crippen MR) is 50.9 cm³/mol. The summed E-state index contributed by atoms with van der Waals surface area (Å²) in [4.78, 5) is 10.8. The van der Waals surface area contributed by atoms with Crippen molar-refractivity contribution in [1.29, 1.82) is 5.26 Å². The SMILES string of the molecule is CC(CCC#N)n1cccc1C(=O)O. The number of aromatic carboxylic acids is 1. The lowest BCUT2D eigenvalue weighted by Gasteiger charge is -2.13. The molecule has 0 aliphatic heterocycles. The van der Waals surface area contributed by atoms with Gasteiger partial charge in [-0.1, -0.05) is 0 Å². The van der Waals surface area contributed by atoms with E-state index in [1.54, 1.807) is 22.9 Å². The molecule has 0 saturated carbocycles. The lowest BCUT2D eigenvalue weighted by molar-refractivity contribution is 0.0682. The number of hydrogen-bond acceptors (Lipinski definition) is 2. The molecule has 0 saturated heterocycles. The largest absolute Gasteiger partial charge is 0.477 e. The van der Waals surface area contributed by atoms with Crippen molar-refractivity contribution in [2.45, 2.75) is 25.8 Å². The van der Waals surface area contributed by atoms with Crippen molar-refractivity contribution in [1.82, 2.24) is 4.57 Å². The van der Waals surface area contributed by atoms with Crippen LogP contribution >= 0.6 is 0 Å². The molecule has 0 fully saturated rings. The summed E-state index contributed by atoms with van der Waals surface area (Å²) in [5.41, 5.74) is 0.274. The Labute approximate surface area is 82.4 Å². The molecule has 0 bridgehead atoms. The Hall–Kier alpha value is -1.76. The van der Waals surface area contributed by atoms with Crippen LogP contribution in [0.1, 0.15) is 36.3 Å². The van der Waals surface area contributed by atoms with Crippen LogP contribution in [-0.4, -0.2) is 15.6 Å². The topological polar surface area (TPSA) is 66.0 Å². The number of nitriles is 1. The van der Waals surface area contributed by atoms with Crippen molar-refractivity contribution in [3.63, 3.8) is 0 Å². The minimum atomic E-state index is -0.932. The fourth-order valence-electron chi connectivity index (χ4n) is 1.37. The fraction of sp³-hybridized carbons (Fsp3) is 0.400. The number of carboxylic acids is 1. The van der Waals surface area contributed by atoms with Crippen molar-refractivity contribution in [3.05, 3.63) is 24.0 Å². The van der Waals surface area contributed by atoms with E-state index in [-0.39, 0.29) is 11.7 Å². The van der Waals surface area contributed by atoms with Gasteiger partial charge in [-0.3, -0.25) is 0 Å². The van der Waals surface area contributed by atoms with E-state index in [1.165, 1.54) is 0 Å². The van der Waals surface area contributed by atoms with Crippen LogP contribution in [0.4, 0.5) is 0 Å². The van der Waals surface area contributed by atoms with Gasteiger partial charge in [0, 0.05) is 18.7 Å². The van der Waals surface area contributed by atoms with E-state index in [2.05, 4.69) is 0 Å². The van der Waals surface area contributed by atoms with Crippen molar-refractivity contribution in [2.24, 2.45) is 0 Å². The first-order chi connectivity index (χ1) is 6.66. The Morgan fingerprint density at radius 1 is 1.79 bits per heavy atom. The number of carbonyl (C=O) groups is 1. The Morgan fingerprint density at radius 2 is 2.50 bits per heavy atom. The van der Waals surface area contributed by atoms with Gasteiger partial charge in [0.2, 0.25) is 0 Å². The van der Waals surface area contributed by atoms with E-state index in [9.17, 15) is 4.79 Å². The molecule has 0 aliphatic rings. The van der Waals surface area contributed by atoms with Gasteiger partial charge in [-0.25, -0.2) is 4.79 Å². The molecule has 4 nitrogen and oxygen atoms in total. The summed E-state index contributed by atoms with van der Waals surface area (Å²) in [5.74, 6) is -0.932. The molecule has 1 heterocycles. The summed E-state index contributed by atoms with van der Waals surface area (Å²) in [6.07, 6.45) is 2.84. The third kappa shape index (κ3) is 2.13. The van der Waals surface area contributed by atoms with E-state index >= 15 is 0 Å². The van der Waals surface area contributed by atoms with Gasteiger partial charge in [0.1, 0.15) is 5.69 Å². The maximum absolute atomic E-state index is 10.8. The van der Waals surface area contributed by atoms with Gasteiger partial charge in [0.25, 0.3) is 0 Å². The highest BCUT2D eigenvalue weighted by atomic mass is 16.4. The predicted octanol–water partition coefficient (Wildman–Crippen LogP) is 2.05. The number of hydrogen-bond donors (Lipinski definition) is 1. The summed E-state index contributed by atoms with van der Waals surface area (Å²) in [6.45, 7) is 1.91. The average Bonchev–Trinajstić information content (AvgIpc) is 2.62. The minimum Gasteiger partial charge on any atom is -0.477 e. The van der Waals surface area contributed by atoms with E-state index in [0.717, 1.165) is 0 Å². The molecule has 0 radical (unpaired) electrons. The molecule has 74 valence electrons. The second kappa shape index (κ2) is 4.47. The highest BCUT2D eigenvalue weighted by Crippen LogP contribution is 2.16. The van der Waals surface area contributed by atoms with Crippen LogP contribution in [0.3, 0.4) is 0 Å². The molecule has 1 N–H and O–H groups in total. The Morgan fingerprint density at radius 3 is 3.07 bits per heavy atom. The van der Waals surface area contributed by atoms with Crippen LogP contribution in [0.25, 0.3) is 0 Å². The Bertz CT molecular complexity index is 362. The van der Waals surface area contributed by atoms with Gasteiger partial charge < -0.3 is 9.67 Å². The molecule has 1 unspecified atom stereocenters. The lowest BCUT2D eigenvalue weighted by Crippen LogP contribution is -2.11. The quantitative estimate of drug-likeness (QED) is 0.793. The van der Waals surface area contributed by atoms with Crippen molar-refractivity contribution < 1.29 is 9.90 Å². The van der Waals surface area contributed by atoms with Gasteiger partial charge in [-0.2, -0.15) is 5.26 Å². The van der Waals surface area contributed by atoms with Crippen molar-refractivity contribution >= 4 is 5.97 Å². The first-order valence-corrected chi connectivity index (χ1v) is 4.44. The van der Waals surface area contributed by atoms with Crippen LogP contribution < -0.4 is 0 Å². The standard InChI is InChI=1S/C10H12N2O2/c1-8(4-2-6-11)12-7-3-5-9(12)10(13)14/h3,5,7-8H,2,4H2,1H3,(H,13,14). The fourth-order valence-corrected chi connectivity index (χ4v) is 1.37. The average molecular weight is 192 g/mol. The van der Waals surface area contributed by atoms with Gasteiger partial charge in [0.05, 0.1) is 6.07 Å². The highest BCUT2D eigenvalue weighted by molar-refractivity contribution is 5.85. The van der Waals surface area contributed by atoms with Gasteiger partial charge >= 0.3 is 5.97 Å². The first-order valence-electron chi connectivity index (χ1n) is 4.44. The molecule has 1 aromatic heterocycles. The summed E-state index contributed by atoms with van der Waals surface area (Å²) in [6, 6.07) is 5.36. The number of carboxylic acid groups (broad SMARTS) is 1. The molecule has 1 aromatic rings. The van der Waals surface area contributed by atoms with Crippen LogP contribution in [-0.2, 0) is 0 Å². The normalized spacial score (nSPS) is 12.0. The van der Waals surface area contributed by atoms with Crippen molar-refractivity contribution in [3.8, 4) is 6.07 Å². The summed E-state index contributed by atoms with van der Waals surface area (Å²) < 4.78 is 1.68. The van der Waals surface area contributed by atoms with E-state index in [0.29, 0.717) is 12.8 Å². The zero-order valence-corrected chi connectivity index (χ0v) is 7.97. The number of rotatable bonds is 4. The first kappa shape index (κ1) is 10.3. The monoisotopic (exact) mass is 192 g/mol. The zero-order chi connectivity index (χ0) is 10.6. The third-order valence-corrected chi connectivity index (χ3v) is 2.15. The van der Waals surface area contributed by atoms with Crippen LogP contribution in [0, 0.1) is 11.3 Å². The van der Waals surface area contributed by atoms with Gasteiger partial charge in [0.15, 0.2) is 0 Å². The van der Waals surface area contributed by atoms with E-state index < -0.39 is 5.97 Å². The Balaban J connectivity index is 2.79. The van der Waals surface area contributed by atoms with Gasteiger partial charge in [-0.05, 0) is 25.5 Å². The molecule has 0 spiro atoms. The molecule has 0 aliphatic carbocycles. The molecule has 1 rings (SSSR count). The van der Waals surface area contributed by atoms with Crippen LogP contribution in [0.15, 0.2) is 18.3 Å².